The lowest BCUT2D eigenvalue weighted by molar-refractivity contribution is -0.121. The highest BCUT2D eigenvalue weighted by atomic mass is 32.2. The van der Waals surface area contributed by atoms with Crippen molar-refractivity contribution in [2.45, 2.75) is 31.9 Å². The Labute approximate surface area is 85.0 Å². The van der Waals surface area contributed by atoms with Gasteiger partial charge in [-0.05, 0) is 12.8 Å². The normalized spacial score (nSPS) is 20.3. The van der Waals surface area contributed by atoms with Crippen molar-refractivity contribution in [2.24, 2.45) is 5.41 Å². The van der Waals surface area contributed by atoms with E-state index in [4.69, 9.17) is 4.74 Å². The zero-order valence-corrected chi connectivity index (χ0v) is 9.40. The fraction of sp³-hybridized carbons (Fsp3) is 1.00. The Morgan fingerprint density at radius 3 is 2.31 bits per heavy atom. The zero-order chi connectivity index (χ0) is 9.73. The Morgan fingerprint density at radius 1 is 1.38 bits per heavy atom. The molecule has 1 heterocycles. The van der Waals surface area contributed by atoms with Crippen LogP contribution >= 0.6 is 11.8 Å². The molecule has 2 nitrogen and oxygen atoms in total. The summed E-state index contributed by atoms with van der Waals surface area (Å²) in [5, 5.41) is 9.96. The third-order valence-corrected chi connectivity index (χ3v) is 4.60. The molecule has 0 atom stereocenters. The van der Waals surface area contributed by atoms with E-state index in [0.717, 1.165) is 24.2 Å². The number of ether oxygens (including phenoxy) is 1. The molecule has 0 unspecified atom stereocenters. The van der Waals surface area contributed by atoms with Crippen LogP contribution in [0.1, 0.15) is 26.7 Å². The van der Waals surface area contributed by atoms with E-state index in [1.165, 1.54) is 12.8 Å². The van der Waals surface area contributed by atoms with Crippen LogP contribution in [0.15, 0.2) is 0 Å². The lowest BCUT2D eigenvalue weighted by Gasteiger charge is -2.40. The van der Waals surface area contributed by atoms with Crippen LogP contribution < -0.4 is 0 Å². The van der Waals surface area contributed by atoms with Crippen LogP contribution in [0.4, 0.5) is 0 Å². The molecule has 0 spiro atoms. The van der Waals surface area contributed by atoms with Gasteiger partial charge in [-0.15, -0.1) is 0 Å². The van der Waals surface area contributed by atoms with Crippen LogP contribution in [-0.2, 0) is 4.74 Å². The Bertz CT molecular complexity index is 136. The van der Waals surface area contributed by atoms with E-state index < -0.39 is 0 Å². The van der Waals surface area contributed by atoms with E-state index in [2.05, 4.69) is 13.8 Å². The molecule has 1 fully saturated rings. The largest absolute Gasteiger partial charge is 0.396 e. The molecule has 1 N–H and O–H groups in total. The Hall–Kier alpha value is 0.270. The minimum atomic E-state index is 0.0905. The van der Waals surface area contributed by atoms with Crippen molar-refractivity contribution in [1.82, 2.24) is 0 Å². The zero-order valence-electron chi connectivity index (χ0n) is 8.58. The summed E-state index contributed by atoms with van der Waals surface area (Å²) in [6.45, 7) is 6.22. The molecule has 0 bridgehead atoms. The molecule has 1 aliphatic heterocycles. The van der Waals surface area contributed by atoms with Crippen LogP contribution in [-0.4, -0.2) is 35.9 Å². The molecule has 13 heavy (non-hydrogen) atoms. The van der Waals surface area contributed by atoms with Crippen LogP contribution in [0.2, 0.25) is 0 Å². The molecule has 0 aromatic heterocycles. The van der Waals surface area contributed by atoms with Gasteiger partial charge >= 0.3 is 0 Å². The van der Waals surface area contributed by atoms with Crippen molar-refractivity contribution in [1.29, 1.82) is 0 Å². The first-order valence-electron chi connectivity index (χ1n) is 5.06. The molecule has 1 rings (SSSR count). The minimum Gasteiger partial charge on any atom is -0.396 e. The summed E-state index contributed by atoms with van der Waals surface area (Å²) in [6.07, 6.45) is 2.45. The third-order valence-electron chi connectivity index (χ3n) is 2.69. The van der Waals surface area contributed by atoms with Gasteiger partial charge < -0.3 is 9.84 Å². The Balaban J connectivity index is 2.23. The maximum absolute atomic E-state index is 9.20. The van der Waals surface area contributed by atoms with Gasteiger partial charge in [-0.1, -0.05) is 13.8 Å². The monoisotopic (exact) mass is 204 g/mol. The van der Waals surface area contributed by atoms with Crippen LogP contribution in [0.25, 0.3) is 0 Å². The van der Waals surface area contributed by atoms with E-state index >= 15 is 0 Å². The van der Waals surface area contributed by atoms with Gasteiger partial charge in [0.2, 0.25) is 0 Å². The fourth-order valence-electron chi connectivity index (χ4n) is 1.43. The number of hydrogen-bond acceptors (Lipinski definition) is 3. The van der Waals surface area contributed by atoms with Crippen LogP contribution in [0.3, 0.4) is 0 Å². The Morgan fingerprint density at radius 2 is 2.00 bits per heavy atom. The van der Waals surface area contributed by atoms with Crippen molar-refractivity contribution < 1.29 is 9.84 Å². The second-order valence-corrected chi connectivity index (χ2v) is 5.19. The highest BCUT2D eigenvalue weighted by molar-refractivity contribution is 7.99. The lowest BCUT2D eigenvalue weighted by atomic mass is 9.90. The molecule has 0 aliphatic carbocycles. The highest BCUT2D eigenvalue weighted by Crippen LogP contribution is 2.33. The average Bonchev–Trinajstić information content (AvgIpc) is 2.10. The number of aliphatic hydroxyl groups is 1. The summed E-state index contributed by atoms with van der Waals surface area (Å²) in [4.78, 5) is 0. The summed E-state index contributed by atoms with van der Waals surface area (Å²) < 4.78 is 5.16. The van der Waals surface area contributed by atoms with Gasteiger partial charge in [0.15, 0.2) is 0 Å². The molecule has 0 saturated carbocycles. The first-order chi connectivity index (χ1) is 6.26. The van der Waals surface area contributed by atoms with E-state index in [0.29, 0.717) is 0 Å². The quantitative estimate of drug-likeness (QED) is 0.717. The number of rotatable bonds is 6. The summed E-state index contributed by atoms with van der Waals surface area (Å²) in [7, 11) is 0. The highest BCUT2D eigenvalue weighted by Gasteiger charge is 2.38. The van der Waals surface area contributed by atoms with Gasteiger partial charge in [0.05, 0.1) is 19.8 Å². The number of hydrogen-bond donors (Lipinski definition) is 1. The van der Waals surface area contributed by atoms with Gasteiger partial charge in [-0.25, -0.2) is 0 Å². The van der Waals surface area contributed by atoms with E-state index in [1.807, 2.05) is 11.8 Å². The second kappa shape index (κ2) is 5.23. The smallest absolute Gasteiger partial charge is 0.0575 e. The van der Waals surface area contributed by atoms with E-state index in [9.17, 15) is 5.11 Å². The lowest BCUT2D eigenvalue weighted by Crippen LogP contribution is -2.47. The fourth-order valence-corrected chi connectivity index (χ4v) is 2.75. The summed E-state index contributed by atoms with van der Waals surface area (Å²) in [6, 6.07) is 0. The van der Waals surface area contributed by atoms with Gasteiger partial charge in [-0.2, -0.15) is 11.8 Å². The topological polar surface area (TPSA) is 29.5 Å². The van der Waals surface area contributed by atoms with Gasteiger partial charge in [0.25, 0.3) is 0 Å². The van der Waals surface area contributed by atoms with Crippen LogP contribution in [0, 0.1) is 5.41 Å². The van der Waals surface area contributed by atoms with Gasteiger partial charge in [0, 0.05) is 16.4 Å². The summed E-state index contributed by atoms with van der Waals surface area (Å²) in [5.74, 6) is 1.05. The minimum absolute atomic E-state index is 0.0905. The van der Waals surface area contributed by atoms with Crippen molar-refractivity contribution in [2.75, 3.05) is 25.6 Å². The Kier molecular flexibility index (Phi) is 4.56. The van der Waals surface area contributed by atoms with Crippen LogP contribution in [0.5, 0.6) is 0 Å². The molecule has 1 saturated heterocycles. The predicted molar refractivity (Wildman–Crippen MR) is 57.2 cm³/mol. The van der Waals surface area contributed by atoms with Crippen molar-refractivity contribution in [3.8, 4) is 0 Å². The van der Waals surface area contributed by atoms with Crippen molar-refractivity contribution >= 4 is 11.8 Å². The number of aliphatic hydroxyl groups excluding tert-OH is 1. The molecule has 0 radical (unpaired) electrons. The average molecular weight is 204 g/mol. The molecular weight excluding hydrogens is 184 g/mol. The van der Waals surface area contributed by atoms with E-state index in [-0.39, 0.29) is 12.0 Å². The second-order valence-electron chi connectivity index (χ2n) is 3.90. The summed E-state index contributed by atoms with van der Waals surface area (Å²) >= 11 is 1.99. The molecular formula is C10H20O2S. The summed E-state index contributed by atoms with van der Waals surface area (Å²) in [5.41, 5.74) is 0.0905. The predicted octanol–water partition coefficient (Wildman–Crippen LogP) is 1.92. The molecule has 0 amide bonds. The third kappa shape index (κ3) is 2.86. The maximum Gasteiger partial charge on any atom is 0.0575 e. The van der Waals surface area contributed by atoms with Gasteiger partial charge in [-0.3, -0.25) is 0 Å². The molecule has 78 valence electrons. The molecule has 1 aliphatic rings. The molecule has 0 aromatic rings. The molecule has 3 heteroatoms. The van der Waals surface area contributed by atoms with Crippen molar-refractivity contribution in [3.63, 3.8) is 0 Å². The van der Waals surface area contributed by atoms with E-state index in [1.54, 1.807) is 0 Å². The molecule has 0 aromatic carbocycles. The first-order valence-corrected chi connectivity index (χ1v) is 6.11. The van der Waals surface area contributed by atoms with Crippen molar-refractivity contribution in [3.05, 3.63) is 0 Å². The standard InChI is InChI=1S/C10H20O2S/c1-3-9(4-2)13-8-10(5-11)6-12-7-10/h9,11H,3-8H2,1-2H3. The number of thioether (sulfide) groups is 1. The van der Waals surface area contributed by atoms with Gasteiger partial charge in [0.1, 0.15) is 0 Å². The maximum atomic E-state index is 9.20. The first kappa shape index (κ1) is 11.3. The SMILES string of the molecule is CCC(CC)SCC1(CO)COC1.